The lowest BCUT2D eigenvalue weighted by atomic mass is 10.0. The van der Waals surface area contributed by atoms with Crippen molar-refractivity contribution in [3.05, 3.63) is 21.6 Å². The molecule has 0 aliphatic heterocycles. The number of rotatable bonds is 3. The van der Waals surface area contributed by atoms with Gasteiger partial charge in [-0.15, -0.1) is 5.10 Å². The first-order valence-corrected chi connectivity index (χ1v) is 5.67. The Labute approximate surface area is 98.6 Å². The number of aromatic nitrogens is 4. The fourth-order valence-electron chi connectivity index (χ4n) is 1.93. The van der Waals surface area contributed by atoms with E-state index >= 15 is 0 Å². The molecule has 17 heavy (non-hydrogen) atoms. The molecule has 2 rings (SSSR count). The summed E-state index contributed by atoms with van der Waals surface area (Å²) in [4.78, 5) is 18.7. The summed E-state index contributed by atoms with van der Waals surface area (Å²) in [5, 5.41) is 4.20. The van der Waals surface area contributed by atoms with Gasteiger partial charge in [-0.1, -0.05) is 13.8 Å². The molecule has 0 atom stereocenters. The normalized spacial score (nSPS) is 11.4. The van der Waals surface area contributed by atoms with E-state index in [1.54, 1.807) is 4.52 Å². The highest BCUT2D eigenvalue weighted by Crippen LogP contribution is 2.15. The van der Waals surface area contributed by atoms with Crippen molar-refractivity contribution in [2.75, 3.05) is 6.61 Å². The van der Waals surface area contributed by atoms with E-state index in [1.165, 1.54) is 0 Å². The summed E-state index contributed by atoms with van der Waals surface area (Å²) in [6, 6.07) is 0.284. The average molecular weight is 236 g/mol. The Morgan fingerprint density at radius 3 is 2.76 bits per heavy atom. The second kappa shape index (κ2) is 4.20. The minimum absolute atomic E-state index is 0.111. The van der Waals surface area contributed by atoms with E-state index in [4.69, 9.17) is 4.74 Å². The van der Waals surface area contributed by atoms with Gasteiger partial charge in [0.2, 0.25) is 5.78 Å². The van der Waals surface area contributed by atoms with Gasteiger partial charge in [-0.2, -0.15) is 9.50 Å². The number of hydrogen-bond donors (Lipinski definition) is 1. The molecule has 6 heteroatoms. The molecule has 2 aromatic heterocycles. The number of hydrogen-bond acceptors (Lipinski definition) is 4. The fraction of sp³-hybridized carbons (Fsp3) is 0.545. The average Bonchev–Trinajstić information content (AvgIpc) is 2.60. The van der Waals surface area contributed by atoms with Crippen LogP contribution in [-0.2, 0) is 0 Å². The second-order valence-corrected chi connectivity index (χ2v) is 4.17. The lowest BCUT2D eigenvalue weighted by Gasteiger charge is -2.08. The van der Waals surface area contributed by atoms with Crippen LogP contribution in [-0.4, -0.2) is 26.2 Å². The van der Waals surface area contributed by atoms with Crippen molar-refractivity contribution in [1.82, 2.24) is 19.6 Å². The summed E-state index contributed by atoms with van der Waals surface area (Å²) in [6.07, 6.45) is 0. The summed E-state index contributed by atoms with van der Waals surface area (Å²) in [7, 11) is 0. The monoisotopic (exact) mass is 236 g/mol. The molecular weight excluding hydrogens is 220 g/mol. The minimum Gasteiger partial charge on any atom is -0.463 e. The Morgan fingerprint density at radius 2 is 2.18 bits per heavy atom. The highest BCUT2D eigenvalue weighted by molar-refractivity contribution is 5.34. The van der Waals surface area contributed by atoms with Crippen LogP contribution in [0.5, 0.6) is 6.01 Å². The Bertz CT molecular complexity index is 597. The summed E-state index contributed by atoms with van der Waals surface area (Å²) in [6.45, 7) is 8.17. The quantitative estimate of drug-likeness (QED) is 0.870. The topological polar surface area (TPSA) is 72.3 Å². The molecule has 0 unspecified atom stereocenters. The number of nitrogens with zero attached hydrogens (tertiary/aromatic N) is 3. The van der Waals surface area contributed by atoms with Gasteiger partial charge in [-0.25, -0.2) is 0 Å². The van der Waals surface area contributed by atoms with E-state index in [0.717, 1.165) is 11.3 Å². The maximum absolute atomic E-state index is 11.9. The Morgan fingerprint density at radius 1 is 1.47 bits per heavy atom. The molecule has 0 bridgehead atoms. The molecule has 92 valence electrons. The van der Waals surface area contributed by atoms with Gasteiger partial charge >= 0.3 is 6.01 Å². The zero-order valence-corrected chi connectivity index (χ0v) is 10.4. The first kappa shape index (κ1) is 11.6. The van der Waals surface area contributed by atoms with Gasteiger partial charge in [0.15, 0.2) is 0 Å². The molecule has 0 aromatic carbocycles. The van der Waals surface area contributed by atoms with E-state index in [2.05, 4.69) is 15.1 Å². The third-order valence-electron chi connectivity index (χ3n) is 2.62. The summed E-state index contributed by atoms with van der Waals surface area (Å²) >= 11 is 0. The van der Waals surface area contributed by atoms with Crippen molar-refractivity contribution >= 4 is 5.78 Å². The maximum atomic E-state index is 11.9. The SMILES string of the molecule is CCOc1nc2[nH]c(=O)c(C(C)C)c(C)n2n1. The standard InChI is InChI=1S/C11H16N4O2/c1-5-17-11-13-10-12-9(16)8(6(2)3)7(4)15(10)14-11/h6H,5H2,1-4H3,(H,12,13,14,16). The molecule has 1 N–H and O–H groups in total. The van der Waals surface area contributed by atoms with Crippen molar-refractivity contribution in [3.63, 3.8) is 0 Å². The third kappa shape index (κ3) is 1.90. The van der Waals surface area contributed by atoms with Gasteiger partial charge in [0.1, 0.15) is 0 Å². The van der Waals surface area contributed by atoms with Crippen LogP contribution in [0.25, 0.3) is 5.78 Å². The molecule has 0 spiro atoms. The third-order valence-corrected chi connectivity index (χ3v) is 2.62. The molecule has 2 aromatic rings. The van der Waals surface area contributed by atoms with Crippen LogP contribution in [0.1, 0.15) is 37.9 Å². The van der Waals surface area contributed by atoms with E-state index in [0.29, 0.717) is 12.4 Å². The smallest absolute Gasteiger partial charge is 0.337 e. The number of aryl methyl sites for hydroxylation is 1. The van der Waals surface area contributed by atoms with E-state index in [1.807, 2.05) is 27.7 Å². The number of aromatic amines is 1. The molecule has 0 radical (unpaired) electrons. The Hall–Kier alpha value is -1.85. The van der Waals surface area contributed by atoms with Gasteiger partial charge in [-0.05, 0) is 19.8 Å². The molecule has 0 aliphatic rings. The van der Waals surface area contributed by atoms with Gasteiger partial charge in [-0.3, -0.25) is 9.78 Å². The highest BCUT2D eigenvalue weighted by Gasteiger charge is 2.15. The van der Waals surface area contributed by atoms with Crippen LogP contribution in [0, 0.1) is 6.92 Å². The number of H-pyrrole nitrogens is 1. The molecule has 0 aliphatic carbocycles. The first-order chi connectivity index (χ1) is 8.04. The first-order valence-electron chi connectivity index (χ1n) is 5.67. The predicted octanol–water partition coefficient (Wildman–Crippen LogP) is 1.25. The predicted molar refractivity (Wildman–Crippen MR) is 63.6 cm³/mol. The van der Waals surface area contributed by atoms with Crippen LogP contribution in [0.2, 0.25) is 0 Å². The number of ether oxygens (including phenoxy) is 1. The zero-order chi connectivity index (χ0) is 12.6. The van der Waals surface area contributed by atoms with Gasteiger partial charge < -0.3 is 4.74 Å². The molecule has 2 heterocycles. The highest BCUT2D eigenvalue weighted by atomic mass is 16.5. The number of fused-ring (bicyclic) bond motifs is 1. The Balaban J connectivity index is 2.69. The van der Waals surface area contributed by atoms with Crippen LogP contribution in [0.3, 0.4) is 0 Å². The van der Waals surface area contributed by atoms with E-state index < -0.39 is 0 Å². The Kier molecular flexibility index (Phi) is 2.87. The van der Waals surface area contributed by atoms with Crippen molar-refractivity contribution in [3.8, 4) is 6.01 Å². The molecule has 0 saturated heterocycles. The van der Waals surface area contributed by atoms with Gasteiger partial charge in [0.25, 0.3) is 5.56 Å². The van der Waals surface area contributed by atoms with Crippen LogP contribution >= 0.6 is 0 Å². The maximum Gasteiger partial charge on any atom is 0.337 e. The van der Waals surface area contributed by atoms with Crippen LogP contribution in [0.4, 0.5) is 0 Å². The van der Waals surface area contributed by atoms with E-state index in [9.17, 15) is 4.79 Å². The summed E-state index contributed by atoms with van der Waals surface area (Å²) in [5.74, 6) is 0.559. The lowest BCUT2D eigenvalue weighted by Crippen LogP contribution is -2.19. The molecular formula is C11H16N4O2. The summed E-state index contributed by atoms with van der Waals surface area (Å²) in [5.41, 5.74) is 1.42. The molecule has 0 amide bonds. The van der Waals surface area contributed by atoms with E-state index in [-0.39, 0.29) is 17.5 Å². The van der Waals surface area contributed by atoms with Gasteiger partial charge in [0, 0.05) is 5.56 Å². The lowest BCUT2D eigenvalue weighted by molar-refractivity contribution is 0.313. The van der Waals surface area contributed by atoms with Crippen molar-refractivity contribution < 1.29 is 4.74 Å². The molecule has 0 saturated carbocycles. The van der Waals surface area contributed by atoms with Crippen molar-refractivity contribution in [2.45, 2.75) is 33.6 Å². The number of nitrogens with one attached hydrogen (secondary N) is 1. The fourth-order valence-corrected chi connectivity index (χ4v) is 1.93. The van der Waals surface area contributed by atoms with Crippen molar-refractivity contribution in [1.29, 1.82) is 0 Å². The minimum atomic E-state index is -0.111. The van der Waals surface area contributed by atoms with Gasteiger partial charge in [0.05, 0.1) is 12.3 Å². The van der Waals surface area contributed by atoms with Crippen molar-refractivity contribution in [2.24, 2.45) is 0 Å². The van der Waals surface area contributed by atoms with Crippen LogP contribution in [0.15, 0.2) is 4.79 Å². The molecule has 0 fully saturated rings. The van der Waals surface area contributed by atoms with Crippen LogP contribution < -0.4 is 10.3 Å². The second-order valence-electron chi connectivity index (χ2n) is 4.17. The largest absolute Gasteiger partial charge is 0.463 e. The summed E-state index contributed by atoms with van der Waals surface area (Å²) < 4.78 is 6.83. The molecule has 6 nitrogen and oxygen atoms in total. The zero-order valence-electron chi connectivity index (χ0n) is 10.4.